The predicted octanol–water partition coefficient (Wildman–Crippen LogP) is 7.92. The van der Waals surface area contributed by atoms with Crippen LogP contribution in [0.4, 0.5) is 11.4 Å². The van der Waals surface area contributed by atoms with Crippen molar-refractivity contribution in [2.24, 2.45) is 0 Å². The number of para-hydroxylation sites is 1. The molecule has 4 aromatic rings. The van der Waals surface area contributed by atoms with Crippen molar-refractivity contribution in [3.63, 3.8) is 0 Å². The molecule has 0 fully saturated rings. The molecule has 0 spiro atoms. The molecule has 220 valence electrons. The molecule has 4 aromatic carbocycles. The van der Waals surface area contributed by atoms with Crippen LogP contribution in [-0.2, 0) is 9.59 Å². The van der Waals surface area contributed by atoms with Crippen molar-refractivity contribution in [3.05, 3.63) is 124 Å². The third-order valence-electron chi connectivity index (χ3n) is 6.13. The molecule has 0 bridgehead atoms. The normalized spacial score (nSPS) is 11.8. The van der Waals surface area contributed by atoms with Crippen molar-refractivity contribution in [2.75, 3.05) is 17.7 Å². The van der Waals surface area contributed by atoms with Crippen molar-refractivity contribution in [1.29, 1.82) is 0 Å². The minimum Gasteiger partial charge on any atom is -0.496 e. The van der Waals surface area contributed by atoms with Crippen molar-refractivity contribution in [3.8, 4) is 5.75 Å². The Kier molecular flexibility index (Phi) is 11.3. The molecule has 0 aliphatic carbocycles. The lowest BCUT2D eigenvalue weighted by Crippen LogP contribution is -2.30. The number of rotatable bonds is 11. The predicted molar refractivity (Wildman–Crippen MR) is 175 cm³/mol. The first-order chi connectivity index (χ1) is 20.7. The van der Waals surface area contributed by atoms with E-state index in [1.165, 1.54) is 18.9 Å². The van der Waals surface area contributed by atoms with Gasteiger partial charge in [-0.2, -0.15) is 0 Å². The van der Waals surface area contributed by atoms with E-state index in [9.17, 15) is 14.4 Å². The van der Waals surface area contributed by atoms with Crippen LogP contribution in [-0.4, -0.2) is 30.1 Å². The Bertz CT molecular complexity index is 1630. The zero-order valence-corrected chi connectivity index (χ0v) is 25.7. The fourth-order valence-electron chi connectivity index (χ4n) is 4.06. The number of hydrogen-bond donors (Lipinski definition) is 3. The Morgan fingerprint density at radius 3 is 2.23 bits per heavy atom. The number of anilines is 2. The third-order valence-corrected chi connectivity index (χ3v) is 7.93. The number of amides is 3. The van der Waals surface area contributed by atoms with Gasteiger partial charge in [0.05, 0.1) is 12.4 Å². The van der Waals surface area contributed by atoms with Gasteiger partial charge in [-0.25, -0.2) is 0 Å². The Balaban J connectivity index is 1.52. The molecule has 0 aliphatic heterocycles. The number of ether oxygens (including phenoxy) is 1. The number of methoxy groups -OCH3 is 1. The topological polar surface area (TPSA) is 96.5 Å². The van der Waals surface area contributed by atoms with E-state index in [0.717, 1.165) is 4.90 Å². The Morgan fingerprint density at radius 1 is 0.837 bits per heavy atom. The SMILES string of the molecule is CCC(Sc1cccc(NC(=O)/C(=C\c2ccccc2OC)NC(=O)c2ccccc2)c1)C(=O)Nc1cc(Cl)cc(Cl)c1. The van der Waals surface area contributed by atoms with Crippen LogP contribution in [0.25, 0.3) is 6.08 Å². The van der Waals surface area contributed by atoms with Crippen LogP contribution in [0.1, 0.15) is 29.3 Å². The van der Waals surface area contributed by atoms with E-state index in [0.29, 0.717) is 44.7 Å². The van der Waals surface area contributed by atoms with Crippen molar-refractivity contribution in [2.45, 2.75) is 23.5 Å². The molecule has 1 atom stereocenters. The maximum absolute atomic E-state index is 13.5. The summed E-state index contributed by atoms with van der Waals surface area (Å²) >= 11 is 13.5. The molecule has 3 amide bonds. The van der Waals surface area contributed by atoms with Crippen LogP contribution in [0.5, 0.6) is 5.75 Å². The molecule has 0 aromatic heterocycles. The summed E-state index contributed by atoms with van der Waals surface area (Å²) in [6.07, 6.45) is 2.12. The van der Waals surface area contributed by atoms with E-state index in [1.54, 1.807) is 84.9 Å². The fourth-order valence-corrected chi connectivity index (χ4v) is 5.60. The van der Waals surface area contributed by atoms with Gasteiger partial charge in [-0.15, -0.1) is 11.8 Å². The molecule has 3 N–H and O–H groups in total. The van der Waals surface area contributed by atoms with E-state index in [4.69, 9.17) is 27.9 Å². The molecular formula is C33H29Cl2N3O4S. The van der Waals surface area contributed by atoms with E-state index >= 15 is 0 Å². The molecule has 0 radical (unpaired) electrons. The molecule has 0 aliphatic rings. The number of halogens is 2. The highest BCUT2D eigenvalue weighted by atomic mass is 35.5. The Labute approximate surface area is 264 Å². The largest absolute Gasteiger partial charge is 0.496 e. The number of nitrogens with one attached hydrogen (secondary N) is 3. The highest BCUT2D eigenvalue weighted by Crippen LogP contribution is 2.30. The zero-order valence-electron chi connectivity index (χ0n) is 23.4. The van der Waals surface area contributed by atoms with Crippen molar-refractivity contribution >= 4 is 70.1 Å². The first-order valence-corrected chi connectivity index (χ1v) is 15.0. The van der Waals surface area contributed by atoms with E-state index in [-0.39, 0.29) is 11.6 Å². The van der Waals surface area contributed by atoms with Gasteiger partial charge in [-0.05, 0) is 67.1 Å². The quantitative estimate of drug-likeness (QED) is 0.115. The van der Waals surface area contributed by atoms with Gasteiger partial charge in [0.1, 0.15) is 11.4 Å². The highest BCUT2D eigenvalue weighted by molar-refractivity contribution is 8.00. The summed E-state index contributed by atoms with van der Waals surface area (Å²) in [7, 11) is 1.53. The Hall–Kier alpha value is -4.24. The highest BCUT2D eigenvalue weighted by Gasteiger charge is 2.20. The number of benzene rings is 4. The van der Waals surface area contributed by atoms with Gasteiger partial charge in [0.2, 0.25) is 5.91 Å². The number of thioether (sulfide) groups is 1. The summed E-state index contributed by atoms with van der Waals surface area (Å²) in [5.41, 5.74) is 2.05. The first kappa shape index (κ1) is 31.7. The smallest absolute Gasteiger partial charge is 0.272 e. The average molecular weight is 635 g/mol. The maximum Gasteiger partial charge on any atom is 0.272 e. The van der Waals surface area contributed by atoms with E-state index in [2.05, 4.69) is 16.0 Å². The van der Waals surface area contributed by atoms with E-state index in [1.807, 2.05) is 25.1 Å². The van der Waals surface area contributed by atoms with Crippen LogP contribution < -0.4 is 20.7 Å². The van der Waals surface area contributed by atoms with Gasteiger partial charge in [-0.3, -0.25) is 14.4 Å². The first-order valence-electron chi connectivity index (χ1n) is 13.3. The monoisotopic (exact) mass is 633 g/mol. The number of hydrogen-bond acceptors (Lipinski definition) is 5. The summed E-state index contributed by atoms with van der Waals surface area (Å²) in [4.78, 5) is 40.3. The minimum atomic E-state index is -0.528. The second-order valence-corrected chi connectivity index (χ2v) is 11.4. The van der Waals surface area contributed by atoms with Crippen LogP contribution in [0.3, 0.4) is 0 Å². The van der Waals surface area contributed by atoms with Gasteiger partial charge in [0.15, 0.2) is 0 Å². The summed E-state index contributed by atoms with van der Waals surface area (Å²) in [5, 5.41) is 8.88. The lowest BCUT2D eigenvalue weighted by Gasteiger charge is -2.16. The average Bonchev–Trinajstić information content (AvgIpc) is 2.99. The van der Waals surface area contributed by atoms with E-state index < -0.39 is 17.1 Å². The van der Waals surface area contributed by atoms with Gasteiger partial charge in [0, 0.05) is 37.4 Å². The lowest BCUT2D eigenvalue weighted by molar-refractivity contribution is -0.116. The zero-order chi connectivity index (χ0) is 30.8. The molecule has 0 heterocycles. The molecule has 43 heavy (non-hydrogen) atoms. The summed E-state index contributed by atoms with van der Waals surface area (Å²) in [6.45, 7) is 1.91. The summed E-state index contributed by atoms with van der Waals surface area (Å²) in [6, 6.07) is 27.8. The molecule has 1 unspecified atom stereocenters. The Morgan fingerprint density at radius 2 is 1.53 bits per heavy atom. The van der Waals surface area contributed by atoms with Gasteiger partial charge >= 0.3 is 0 Å². The van der Waals surface area contributed by atoms with Gasteiger partial charge < -0.3 is 20.7 Å². The number of carbonyl (C=O) groups excluding carboxylic acids is 3. The molecule has 4 rings (SSSR count). The molecular weight excluding hydrogens is 605 g/mol. The summed E-state index contributed by atoms with van der Waals surface area (Å²) < 4.78 is 5.43. The van der Waals surface area contributed by atoms with Crippen molar-refractivity contribution in [1.82, 2.24) is 5.32 Å². The lowest BCUT2D eigenvalue weighted by atomic mass is 10.1. The summed E-state index contributed by atoms with van der Waals surface area (Å²) in [5.74, 6) is -0.617. The van der Waals surface area contributed by atoms with Crippen LogP contribution in [0.2, 0.25) is 10.0 Å². The number of carbonyl (C=O) groups is 3. The second-order valence-electron chi connectivity index (χ2n) is 9.26. The third kappa shape index (κ3) is 9.12. The van der Waals surface area contributed by atoms with Crippen LogP contribution >= 0.6 is 35.0 Å². The van der Waals surface area contributed by atoms with Crippen LogP contribution in [0, 0.1) is 0 Å². The molecule has 7 nitrogen and oxygen atoms in total. The van der Waals surface area contributed by atoms with Gasteiger partial charge in [0.25, 0.3) is 11.8 Å². The fraction of sp³-hybridized carbons (Fsp3) is 0.121. The molecule has 10 heteroatoms. The maximum atomic E-state index is 13.5. The molecule has 0 saturated heterocycles. The second kappa shape index (κ2) is 15.3. The minimum absolute atomic E-state index is 0.0300. The van der Waals surface area contributed by atoms with Gasteiger partial charge in [-0.1, -0.05) is 72.6 Å². The van der Waals surface area contributed by atoms with Crippen LogP contribution in [0.15, 0.2) is 108 Å². The molecule has 0 saturated carbocycles. The van der Waals surface area contributed by atoms with Crippen molar-refractivity contribution < 1.29 is 19.1 Å². The standard InChI is InChI=1S/C33H29Cl2N3O4S/c1-3-30(33(41)37-26-18-23(34)17-24(35)19-26)43-27-14-9-13-25(20-27)36-32(40)28(16-22-12-7-8-15-29(22)42-2)38-31(39)21-10-5-4-6-11-21/h4-20,30H,3H2,1-2H3,(H,36,40)(H,37,41)(H,38,39)/b28-16+.